The Balaban J connectivity index is 2.23. The molecule has 2 aromatic carbocycles. The molecule has 0 aliphatic carbocycles. The van der Waals surface area contributed by atoms with Gasteiger partial charge in [-0.2, -0.15) is 5.26 Å². The summed E-state index contributed by atoms with van der Waals surface area (Å²) in [5.74, 6) is -3.68. The van der Waals surface area contributed by atoms with Gasteiger partial charge in [0.15, 0.2) is 5.96 Å². The van der Waals surface area contributed by atoms with Crippen LogP contribution in [0, 0.1) is 11.3 Å². The van der Waals surface area contributed by atoms with Crippen LogP contribution in [0.4, 0.5) is 0 Å². The third-order valence-corrected chi connectivity index (χ3v) is 8.23. The van der Waals surface area contributed by atoms with Crippen LogP contribution in [0.3, 0.4) is 0 Å². The summed E-state index contributed by atoms with van der Waals surface area (Å²) in [6, 6.07) is 11.9. The minimum atomic E-state index is -1.37. The van der Waals surface area contributed by atoms with Gasteiger partial charge in [0, 0.05) is 38.5 Å². The summed E-state index contributed by atoms with van der Waals surface area (Å²) in [7, 11) is 0. The Bertz CT molecular complexity index is 1580. The van der Waals surface area contributed by atoms with Crippen LogP contribution in [0.15, 0.2) is 59.6 Å². The van der Waals surface area contributed by atoms with E-state index in [1.165, 1.54) is 24.3 Å². The van der Waals surface area contributed by atoms with Crippen molar-refractivity contribution in [2.45, 2.75) is 63.2 Å². The molecule has 2 aromatic rings. The number of nitriles is 1. The number of aromatic hydroxyl groups is 1. The first kappa shape index (κ1) is 42.5. The number of thioether (sulfide) groups is 1. The lowest BCUT2D eigenvalue weighted by Crippen LogP contribution is -2.58. The van der Waals surface area contributed by atoms with Gasteiger partial charge >= 0.3 is 0 Å². The van der Waals surface area contributed by atoms with E-state index >= 15 is 0 Å². The lowest BCUT2D eigenvalue weighted by molar-refractivity contribution is -0.134. The summed E-state index contributed by atoms with van der Waals surface area (Å²) in [5, 5.41) is 40.3. The third kappa shape index (κ3) is 16.4. The van der Waals surface area contributed by atoms with Gasteiger partial charge in [-0.15, -0.1) is 0 Å². The number of aliphatic hydroxyl groups excluding tert-OH is 1. The molecule has 0 fully saturated rings. The second-order valence-electron chi connectivity index (χ2n) is 11.5. The topological polar surface area (TPSA) is 291 Å². The normalized spacial score (nSPS) is 12.8. The molecule has 0 saturated carbocycles. The van der Waals surface area contributed by atoms with Crippen molar-refractivity contribution in [3.63, 3.8) is 0 Å². The molecule has 0 heterocycles. The van der Waals surface area contributed by atoms with E-state index in [4.69, 9.17) is 16.7 Å². The summed E-state index contributed by atoms with van der Waals surface area (Å²) >= 11 is 0.917. The molecule has 0 aromatic heterocycles. The van der Waals surface area contributed by atoms with Gasteiger partial charge in [0.2, 0.25) is 34.7 Å². The van der Waals surface area contributed by atoms with E-state index in [0.29, 0.717) is 5.56 Å². The molecular formula is C34H45N9O8S. The Labute approximate surface area is 305 Å². The minimum Gasteiger partial charge on any atom is -0.508 e. The Morgan fingerprint density at radius 2 is 1.44 bits per heavy atom. The zero-order chi connectivity index (χ0) is 38.5. The molecule has 17 nitrogen and oxygen atoms in total. The van der Waals surface area contributed by atoms with Crippen LogP contribution in [0.25, 0.3) is 0 Å². The molecule has 0 bridgehead atoms. The highest BCUT2D eigenvalue weighted by molar-refractivity contribution is 8.13. The second kappa shape index (κ2) is 22.9. The van der Waals surface area contributed by atoms with Gasteiger partial charge in [0.1, 0.15) is 29.9 Å². The van der Waals surface area contributed by atoms with E-state index in [2.05, 4.69) is 31.6 Å². The molecule has 0 saturated heterocycles. The van der Waals surface area contributed by atoms with E-state index in [1.54, 1.807) is 24.3 Å². The van der Waals surface area contributed by atoms with Crippen molar-refractivity contribution in [3.05, 3.63) is 65.7 Å². The molecule has 2 rings (SSSR count). The van der Waals surface area contributed by atoms with Crippen molar-refractivity contribution >= 4 is 52.4 Å². The number of nitrogens with two attached hydrogens (primary N) is 2. The number of nitrogens with zero attached hydrogens (tertiary/aromatic N) is 2. The molecule has 0 spiro atoms. The molecule has 0 aliphatic rings. The maximum atomic E-state index is 13.7. The number of guanidine groups is 1. The predicted molar refractivity (Wildman–Crippen MR) is 193 cm³/mol. The van der Waals surface area contributed by atoms with E-state index in [0.717, 1.165) is 24.2 Å². The summed E-state index contributed by atoms with van der Waals surface area (Å²) in [6.45, 7) is -0.0479. The Morgan fingerprint density at radius 3 is 2.06 bits per heavy atom. The van der Waals surface area contributed by atoms with Gasteiger partial charge in [-0.05, 0) is 36.1 Å². The Kier molecular flexibility index (Phi) is 18.7. The lowest BCUT2D eigenvalue weighted by Gasteiger charge is -2.25. The van der Waals surface area contributed by atoms with E-state index in [9.17, 15) is 39.0 Å². The van der Waals surface area contributed by atoms with Gasteiger partial charge in [-0.3, -0.25) is 33.8 Å². The fourth-order valence-corrected chi connectivity index (χ4v) is 5.45. The first-order valence-corrected chi connectivity index (χ1v) is 17.3. The van der Waals surface area contributed by atoms with Crippen LogP contribution < -0.4 is 38.1 Å². The molecule has 280 valence electrons. The number of rotatable bonds is 21. The van der Waals surface area contributed by atoms with Gasteiger partial charge < -0.3 is 48.3 Å². The largest absolute Gasteiger partial charge is 0.508 e. The van der Waals surface area contributed by atoms with Crippen LogP contribution in [-0.2, 0) is 41.6 Å². The molecule has 18 heteroatoms. The Hall–Kier alpha value is -5.67. The molecule has 0 aliphatic heterocycles. The molecule has 5 amide bonds. The number of hydrogen-bond acceptors (Lipinski definition) is 11. The van der Waals surface area contributed by atoms with Gasteiger partial charge in [0.05, 0.1) is 19.2 Å². The Morgan fingerprint density at radius 1 is 0.827 bits per heavy atom. The van der Waals surface area contributed by atoms with Crippen molar-refractivity contribution in [1.82, 2.24) is 26.6 Å². The van der Waals surface area contributed by atoms with Gasteiger partial charge in [0.25, 0.3) is 0 Å². The fourth-order valence-electron chi connectivity index (χ4n) is 4.71. The number of hydrogen-bond donors (Lipinski definition) is 9. The standard InChI is InChI=1S/C34H45N9O8S/c1-21(45)40-28(20-44)32(50)43-26(17-23-10-12-24(46)13-11-23)31(49)42-25(9-5-15-38-34(36)37)30(48)39-19-29(47)41-27(33(51)52-16-6-14-35)18-22-7-3-2-4-8-22/h2-4,7-8,10-13,25-28,44,46H,5-6,9,15-20H2,1H3,(H,39,48)(H,40,45)(H,41,47)(H,42,49)(H,43,50)(H4,36,37,38)/t25-,26-,27-,28-/m0/s1. The number of aliphatic hydroxyl groups is 1. The van der Waals surface area contributed by atoms with Crippen LogP contribution >= 0.6 is 11.8 Å². The number of phenols is 1. The lowest BCUT2D eigenvalue weighted by atomic mass is 10.0. The van der Waals surface area contributed by atoms with Crippen LogP contribution in [0.5, 0.6) is 5.75 Å². The highest BCUT2D eigenvalue weighted by Gasteiger charge is 2.30. The van der Waals surface area contributed by atoms with Gasteiger partial charge in [-0.1, -0.05) is 54.2 Å². The highest BCUT2D eigenvalue weighted by atomic mass is 32.2. The van der Waals surface area contributed by atoms with E-state index in [-0.39, 0.29) is 61.2 Å². The number of carbonyl (C=O) groups excluding carboxylic acids is 6. The minimum absolute atomic E-state index is 0.00561. The molecular weight excluding hydrogens is 694 g/mol. The van der Waals surface area contributed by atoms with Crippen molar-refractivity contribution in [2.24, 2.45) is 16.5 Å². The van der Waals surface area contributed by atoms with Crippen LogP contribution in [0.2, 0.25) is 0 Å². The zero-order valence-electron chi connectivity index (χ0n) is 28.7. The van der Waals surface area contributed by atoms with Crippen molar-refractivity contribution in [1.29, 1.82) is 5.26 Å². The van der Waals surface area contributed by atoms with Crippen LogP contribution in [-0.4, -0.2) is 100 Å². The molecule has 4 atom stereocenters. The number of phenolic OH excluding ortho intramolecular Hbond substituents is 1. The number of amides is 5. The average molecular weight is 740 g/mol. The number of benzene rings is 2. The molecule has 52 heavy (non-hydrogen) atoms. The van der Waals surface area contributed by atoms with E-state index < -0.39 is 66.9 Å². The average Bonchev–Trinajstić information content (AvgIpc) is 3.11. The third-order valence-electron chi connectivity index (χ3n) is 7.25. The van der Waals surface area contributed by atoms with Crippen LogP contribution in [0.1, 0.15) is 37.3 Å². The number of aliphatic imine (C=N–C) groups is 1. The van der Waals surface area contributed by atoms with Crippen molar-refractivity contribution in [3.8, 4) is 11.8 Å². The molecule has 11 N–H and O–H groups in total. The summed E-state index contributed by atoms with van der Waals surface area (Å²) < 4.78 is 0. The molecule has 0 unspecified atom stereocenters. The van der Waals surface area contributed by atoms with Crippen molar-refractivity contribution < 1.29 is 39.0 Å². The summed E-state index contributed by atoms with van der Waals surface area (Å²) in [5.41, 5.74) is 12.1. The number of carbonyl (C=O) groups is 6. The second-order valence-corrected chi connectivity index (χ2v) is 12.6. The first-order chi connectivity index (χ1) is 24.8. The first-order valence-electron chi connectivity index (χ1n) is 16.3. The maximum Gasteiger partial charge on any atom is 0.245 e. The smallest absolute Gasteiger partial charge is 0.245 e. The number of nitrogens with one attached hydrogen (secondary N) is 5. The van der Waals surface area contributed by atoms with Gasteiger partial charge in [-0.25, -0.2) is 0 Å². The molecule has 0 radical (unpaired) electrons. The van der Waals surface area contributed by atoms with E-state index in [1.807, 2.05) is 12.1 Å². The van der Waals surface area contributed by atoms with Crippen molar-refractivity contribution in [2.75, 3.05) is 25.4 Å². The maximum absolute atomic E-state index is 13.7. The quantitative estimate of drug-likeness (QED) is 0.0401. The highest BCUT2D eigenvalue weighted by Crippen LogP contribution is 2.14. The fraction of sp³-hybridized carbons (Fsp3) is 0.412. The summed E-state index contributed by atoms with van der Waals surface area (Å²) in [4.78, 5) is 81.4. The predicted octanol–water partition coefficient (Wildman–Crippen LogP) is -1.53. The monoisotopic (exact) mass is 739 g/mol. The SMILES string of the molecule is CC(=O)N[C@@H](CO)C(=O)N[C@@H](Cc1ccc(O)cc1)C(=O)N[C@@H](CCCN=C(N)N)C(=O)NCC(=O)N[C@@H](Cc1ccccc1)C(=O)SCCC#N. The summed E-state index contributed by atoms with van der Waals surface area (Å²) in [6.07, 6.45) is 0.441. The zero-order valence-corrected chi connectivity index (χ0v) is 29.5.